The molecule has 68 valence electrons. The van der Waals surface area contributed by atoms with Gasteiger partial charge < -0.3 is 8.85 Å². The van der Waals surface area contributed by atoms with Gasteiger partial charge >= 0.3 is 9.28 Å². The Kier molecular flexibility index (Phi) is 8.00. The first-order valence-electron chi connectivity index (χ1n) is 3.93. The van der Waals surface area contributed by atoms with E-state index in [2.05, 4.69) is 13.2 Å². The van der Waals surface area contributed by atoms with Crippen molar-refractivity contribution in [1.29, 1.82) is 0 Å². The molecule has 0 aliphatic carbocycles. The second-order valence-electron chi connectivity index (χ2n) is 2.14. The van der Waals surface area contributed by atoms with E-state index >= 15 is 0 Å². The molecule has 0 spiro atoms. The normalized spacial score (nSPS) is 10.8. The molecule has 0 aromatic heterocycles. The third-order valence-corrected chi connectivity index (χ3v) is 2.85. The minimum atomic E-state index is -1.59. The van der Waals surface area contributed by atoms with Crippen LogP contribution in [0.25, 0.3) is 0 Å². The lowest BCUT2D eigenvalue weighted by molar-refractivity contribution is 0.244. The van der Waals surface area contributed by atoms with Crippen LogP contribution in [-0.4, -0.2) is 22.5 Å². The van der Waals surface area contributed by atoms with Gasteiger partial charge in [-0.15, -0.1) is 13.2 Å². The van der Waals surface area contributed by atoms with Gasteiger partial charge in [-0.05, 0) is 12.6 Å². The summed E-state index contributed by atoms with van der Waals surface area (Å²) in [5, 5.41) is 0. The predicted octanol–water partition coefficient (Wildman–Crippen LogP) is 1.73. The molecule has 0 atom stereocenters. The number of hydrogen-bond donors (Lipinski definition) is 0. The number of hydrogen-bond acceptors (Lipinski definition) is 2. The highest BCUT2D eigenvalue weighted by Crippen LogP contribution is 1.92. The maximum Gasteiger partial charge on any atom is 0.348 e. The molecule has 0 saturated carbocycles. The molecule has 0 aliphatic heterocycles. The summed E-state index contributed by atoms with van der Waals surface area (Å²) in [5.41, 5.74) is 1.98. The molecule has 0 unspecified atom stereocenters. The van der Waals surface area contributed by atoms with Crippen molar-refractivity contribution < 1.29 is 8.85 Å². The van der Waals surface area contributed by atoms with Crippen molar-refractivity contribution in [2.75, 3.05) is 13.2 Å². The zero-order valence-corrected chi connectivity index (χ0v) is 8.69. The van der Waals surface area contributed by atoms with Gasteiger partial charge in [-0.1, -0.05) is 18.2 Å². The fourth-order valence-electron chi connectivity index (χ4n) is 0.642. The molecule has 0 saturated heterocycles. The topological polar surface area (TPSA) is 18.5 Å². The first kappa shape index (κ1) is 11.4. The van der Waals surface area contributed by atoms with Crippen molar-refractivity contribution in [3.8, 4) is 0 Å². The second-order valence-corrected chi connectivity index (χ2v) is 3.93. The van der Waals surface area contributed by atoms with Crippen LogP contribution in [0.2, 0.25) is 0 Å². The SMILES string of the molecule is C=CCO[SiH](C=CC)OCC=C. The number of rotatable bonds is 7. The second kappa shape index (κ2) is 8.45. The van der Waals surface area contributed by atoms with Crippen molar-refractivity contribution in [3.63, 3.8) is 0 Å². The van der Waals surface area contributed by atoms with Gasteiger partial charge in [-0.25, -0.2) is 0 Å². The third-order valence-electron chi connectivity index (χ3n) is 1.11. The van der Waals surface area contributed by atoms with Crippen LogP contribution in [0.5, 0.6) is 0 Å². The van der Waals surface area contributed by atoms with Gasteiger partial charge in [0.05, 0.1) is 13.2 Å². The summed E-state index contributed by atoms with van der Waals surface area (Å²) in [6.07, 6.45) is 5.39. The molecule has 3 heteroatoms. The Morgan fingerprint density at radius 1 is 1.17 bits per heavy atom. The van der Waals surface area contributed by atoms with Crippen LogP contribution in [0, 0.1) is 0 Å². The molecule has 0 N–H and O–H groups in total. The van der Waals surface area contributed by atoms with Crippen LogP contribution in [0.1, 0.15) is 6.92 Å². The zero-order valence-electron chi connectivity index (χ0n) is 7.53. The molecule has 0 aromatic carbocycles. The third kappa shape index (κ3) is 6.09. The number of allylic oxidation sites excluding steroid dienone is 1. The largest absolute Gasteiger partial charge is 0.390 e. The van der Waals surface area contributed by atoms with Gasteiger partial charge in [0, 0.05) is 0 Å². The molecule has 2 nitrogen and oxygen atoms in total. The van der Waals surface area contributed by atoms with Gasteiger partial charge in [-0.2, -0.15) is 0 Å². The van der Waals surface area contributed by atoms with E-state index in [1.165, 1.54) is 0 Å². The van der Waals surface area contributed by atoms with Crippen molar-refractivity contribution >= 4 is 9.28 Å². The first-order chi connectivity index (χ1) is 5.85. The average molecular weight is 184 g/mol. The van der Waals surface area contributed by atoms with Crippen LogP contribution in [0.15, 0.2) is 37.1 Å². The Morgan fingerprint density at radius 3 is 2.00 bits per heavy atom. The fraction of sp³-hybridized carbons (Fsp3) is 0.333. The maximum absolute atomic E-state index is 5.40. The lowest BCUT2D eigenvalue weighted by Gasteiger charge is -2.09. The minimum Gasteiger partial charge on any atom is -0.390 e. The Labute approximate surface area is 76.0 Å². The monoisotopic (exact) mass is 184 g/mol. The molecule has 12 heavy (non-hydrogen) atoms. The molecule has 0 aliphatic rings. The lowest BCUT2D eigenvalue weighted by Crippen LogP contribution is -2.20. The van der Waals surface area contributed by atoms with Crippen molar-refractivity contribution in [2.45, 2.75) is 6.92 Å². The molecule has 0 heterocycles. The van der Waals surface area contributed by atoms with Gasteiger partial charge in [-0.3, -0.25) is 0 Å². The van der Waals surface area contributed by atoms with E-state index in [0.29, 0.717) is 13.2 Å². The van der Waals surface area contributed by atoms with Crippen LogP contribution in [0.4, 0.5) is 0 Å². The Bertz CT molecular complexity index is 143. The van der Waals surface area contributed by atoms with Crippen LogP contribution < -0.4 is 0 Å². The van der Waals surface area contributed by atoms with E-state index < -0.39 is 9.28 Å². The van der Waals surface area contributed by atoms with Crippen LogP contribution in [0.3, 0.4) is 0 Å². The van der Waals surface area contributed by atoms with Crippen LogP contribution >= 0.6 is 0 Å². The molecular weight excluding hydrogens is 168 g/mol. The van der Waals surface area contributed by atoms with E-state index in [1.54, 1.807) is 12.2 Å². The highest BCUT2D eigenvalue weighted by molar-refractivity contribution is 6.50. The summed E-state index contributed by atoms with van der Waals surface area (Å²) < 4.78 is 10.8. The highest BCUT2D eigenvalue weighted by atomic mass is 28.3. The van der Waals surface area contributed by atoms with Gasteiger partial charge in [0.1, 0.15) is 0 Å². The van der Waals surface area contributed by atoms with Crippen molar-refractivity contribution in [2.24, 2.45) is 0 Å². The van der Waals surface area contributed by atoms with Gasteiger partial charge in [0.15, 0.2) is 0 Å². The molecule has 0 fully saturated rings. The maximum atomic E-state index is 5.40. The van der Waals surface area contributed by atoms with Gasteiger partial charge in [0.25, 0.3) is 0 Å². The van der Waals surface area contributed by atoms with E-state index in [1.807, 2.05) is 18.7 Å². The van der Waals surface area contributed by atoms with E-state index in [-0.39, 0.29) is 0 Å². The summed E-state index contributed by atoms with van der Waals surface area (Å²) in [4.78, 5) is 0. The fourth-order valence-corrected chi connectivity index (χ4v) is 1.93. The summed E-state index contributed by atoms with van der Waals surface area (Å²) in [6.45, 7) is 10.2. The quantitative estimate of drug-likeness (QED) is 0.443. The molecule has 0 bridgehead atoms. The summed E-state index contributed by atoms with van der Waals surface area (Å²) in [7, 11) is -1.59. The van der Waals surface area contributed by atoms with Gasteiger partial charge in [0.2, 0.25) is 0 Å². The molecule has 0 aromatic rings. The standard InChI is InChI=1S/C9H16O2Si/c1-4-7-10-12(9-6-3)11-8-5-2/h4-6,9,12H,1-2,7-8H2,3H3. The summed E-state index contributed by atoms with van der Waals surface area (Å²) in [6, 6.07) is 0. The molecular formula is C9H16O2Si. The lowest BCUT2D eigenvalue weighted by atomic mass is 10.7. The van der Waals surface area contributed by atoms with Crippen molar-refractivity contribution in [3.05, 3.63) is 37.1 Å². The predicted molar refractivity (Wildman–Crippen MR) is 54.3 cm³/mol. The van der Waals surface area contributed by atoms with Crippen LogP contribution in [-0.2, 0) is 8.85 Å². The Hall–Kier alpha value is -0.643. The molecule has 0 radical (unpaired) electrons. The van der Waals surface area contributed by atoms with Crippen molar-refractivity contribution in [1.82, 2.24) is 0 Å². The average Bonchev–Trinajstić information content (AvgIpc) is 2.10. The molecule has 0 rings (SSSR count). The smallest absolute Gasteiger partial charge is 0.348 e. The minimum absolute atomic E-state index is 0.554. The Balaban J connectivity index is 3.68. The summed E-state index contributed by atoms with van der Waals surface area (Å²) >= 11 is 0. The molecule has 0 amide bonds. The first-order valence-corrected chi connectivity index (χ1v) is 5.54. The summed E-state index contributed by atoms with van der Waals surface area (Å²) in [5.74, 6) is 0. The zero-order chi connectivity index (χ0) is 9.23. The highest BCUT2D eigenvalue weighted by Gasteiger charge is 2.05. The Morgan fingerprint density at radius 2 is 1.67 bits per heavy atom. The van der Waals surface area contributed by atoms with E-state index in [0.717, 1.165) is 0 Å². The van der Waals surface area contributed by atoms with E-state index in [9.17, 15) is 0 Å². The van der Waals surface area contributed by atoms with E-state index in [4.69, 9.17) is 8.85 Å².